The number of benzene rings is 2. The number of nitrogens with one attached hydrogen (secondary N) is 1. The molecule has 8 heteroatoms. The number of ether oxygens (including phenoxy) is 2. The number of hydrogen-bond acceptors (Lipinski definition) is 5. The first-order valence-electron chi connectivity index (χ1n) is 9.78. The first-order valence-corrected chi connectivity index (χ1v) is 9.78. The van der Waals surface area contributed by atoms with Gasteiger partial charge in [-0.2, -0.15) is 0 Å². The van der Waals surface area contributed by atoms with Crippen LogP contribution in [-0.4, -0.2) is 37.5 Å². The van der Waals surface area contributed by atoms with Crippen molar-refractivity contribution in [2.45, 2.75) is 26.3 Å². The van der Waals surface area contributed by atoms with Gasteiger partial charge in [0.15, 0.2) is 0 Å². The Labute approximate surface area is 179 Å². The molecule has 1 aliphatic rings. The molecule has 0 saturated carbocycles. The Kier molecular flexibility index (Phi) is 6.69. The molecule has 7 nitrogen and oxygen atoms in total. The van der Waals surface area contributed by atoms with Gasteiger partial charge in [-0.3, -0.25) is 9.59 Å². The summed E-state index contributed by atoms with van der Waals surface area (Å²) in [5, 5.41) is 2.71. The maximum Gasteiger partial charge on any atom is 0.336 e. The van der Waals surface area contributed by atoms with Crippen LogP contribution in [0.3, 0.4) is 0 Å². The van der Waals surface area contributed by atoms with Gasteiger partial charge >= 0.3 is 5.97 Å². The molecule has 0 aromatic heterocycles. The summed E-state index contributed by atoms with van der Waals surface area (Å²) in [4.78, 5) is 39.8. The predicted molar refractivity (Wildman–Crippen MR) is 113 cm³/mol. The van der Waals surface area contributed by atoms with Gasteiger partial charge in [-0.15, -0.1) is 0 Å². The average molecular weight is 426 g/mol. The monoisotopic (exact) mass is 426 g/mol. The summed E-state index contributed by atoms with van der Waals surface area (Å²) >= 11 is 0. The molecule has 162 valence electrons. The first-order chi connectivity index (χ1) is 14.8. The summed E-state index contributed by atoms with van der Waals surface area (Å²) in [5.74, 6) is -1.41. The van der Waals surface area contributed by atoms with Crippen LogP contribution in [0.2, 0.25) is 0 Å². The van der Waals surface area contributed by atoms with Crippen molar-refractivity contribution in [2.75, 3.05) is 23.9 Å². The van der Waals surface area contributed by atoms with Crippen molar-refractivity contribution in [2.24, 2.45) is 0 Å². The highest BCUT2D eigenvalue weighted by Crippen LogP contribution is 2.33. The molecule has 1 atom stereocenters. The van der Waals surface area contributed by atoms with Crippen LogP contribution in [0.25, 0.3) is 0 Å². The van der Waals surface area contributed by atoms with Crippen molar-refractivity contribution in [1.29, 1.82) is 0 Å². The Morgan fingerprint density at radius 1 is 1.10 bits per heavy atom. The van der Waals surface area contributed by atoms with E-state index in [1.807, 2.05) is 0 Å². The lowest BCUT2D eigenvalue weighted by atomic mass is 10.0. The van der Waals surface area contributed by atoms with Crippen molar-refractivity contribution in [3.05, 3.63) is 65.5 Å². The van der Waals surface area contributed by atoms with Crippen molar-refractivity contribution in [3.63, 3.8) is 0 Å². The minimum absolute atomic E-state index is 0.0567. The Morgan fingerprint density at radius 3 is 2.32 bits per heavy atom. The number of esters is 1. The van der Waals surface area contributed by atoms with Crippen LogP contribution < -0.4 is 15.0 Å². The Morgan fingerprint density at radius 2 is 1.74 bits per heavy atom. The molecule has 2 amide bonds. The summed E-state index contributed by atoms with van der Waals surface area (Å²) in [5.41, 5.74) is 1.13. The maximum absolute atomic E-state index is 13.3. The minimum Gasteiger partial charge on any atom is -0.497 e. The number of methoxy groups -OCH3 is 1. The van der Waals surface area contributed by atoms with Crippen LogP contribution in [0.15, 0.2) is 59.7 Å². The fourth-order valence-electron chi connectivity index (χ4n) is 3.47. The van der Waals surface area contributed by atoms with Crippen molar-refractivity contribution in [1.82, 2.24) is 0 Å². The van der Waals surface area contributed by atoms with E-state index in [2.05, 4.69) is 5.32 Å². The van der Waals surface area contributed by atoms with Crippen LogP contribution in [0.1, 0.15) is 20.3 Å². The molecule has 0 bridgehead atoms. The summed E-state index contributed by atoms with van der Waals surface area (Å²) in [7, 11) is 1.54. The Hall–Kier alpha value is -3.68. The number of halogens is 1. The first kappa shape index (κ1) is 22.0. The standard InChI is InChI=1S/C23H23FN2O5/c1-4-31-23(29)21-14(2)26(17-9-5-15(24)6-10-17)22(28)19(21)13-20(27)25-16-7-11-18(30-3)12-8-16/h5-12,14H,4,13H2,1-3H3,(H,25,27). The number of carbonyl (C=O) groups excluding carboxylic acids is 3. The van der Waals surface area contributed by atoms with E-state index in [4.69, 9.17) is 9.47 Å². The second kappa shape index (κ2) is 9.42. The highest BCUT2D eigenvalue weighted by Gasteiger charge is 2.41. The van der Waals surface area contributed by atoms with Crippen molar-refractivity contribution < 1.29 is 28.2 Å². The van der Waals surface area contributed by atoms with Gasteiger partial charge in [-0.05, 0) is 62.4 Å². The summed E-state index contributed by atoms with van der Waals surface area (Å²) in [6, 6.07) is 11.4. The molecular formula is C23H23FN2O5. The van der Waals surface area contributed by atoms with Gasteiger partial charge in [0.05, 0.1) is 31.8 Å². The van der Waals surface area contributed by atoms with Gasteiger partial charge in [0.2, 0.25) is 5.91 Å². The van der Waals surface area contributed by atoms with E-state index >= 15 is 0 Å². The van der Waals surface area contributed by atoms with Crippen LogP contribution in [0.4, 0.5) is 15.8 Å². The zero-order valence-corrected chi connectivity index (χ0v) is 17.5. The van der Waals surface area contributed by atoms with Gasteiger partial charge in [-0.1, -0.05) is 0 Å². The molecule has 31 heavy (non-hydrogen) atoms. The number of hydrogen-bond donors (Lipinski definition) is 1. The van der Waals surface area contributed by atoms with Gasteiger partial charge in [0.1, 0.15) is 11.6 Å². The summed E-state index contributed by atoms with van der Waals surface area (Å²) in [6.07, 6.45) is -0.305. The Balaban J connectivity index is 1.87. The average Bonchev–Trinajstić information content (AvgIpc) is 2.99. The molecule has 0 fully saturated rings. The topological polar surface area (TPSA) is 84.9 Å². The predicted octanol–water partition coefficient (Wildman–Crippen LogP) is 3.46. The van der Waals surface area contributed by atoms with E-state index < -0.39 is 29.6 Å². The number of carbonyl (C=O) groups is 3. The number of amides is 2. The molecule has 3 rings (SSSR count). The third kappa shape index (κ3) is 4.74. The van der Waals surface area contributed by atoms with E-state index in [1.165, 1.54) is 36.3 Å². The molecule has 1 unspecified atom stereocenters. The normalized spacial score (nSPS) is 15.8. The lowest BCUT2D eigenvalue weighted by molar-refractivity contribution is -0.138. The van der Waals surface area contributed by atoms with Crippen LogP contribution in [0, 0.1) is 5.82 Å². The highest BCUT2D eigenvalue weighted by molar-refractivity contribution is 6.18. The molecule has 0 radical (unpaired) electrons. The second-order valence-corrected chi connectivity index (χ2v) is 6.89. The molecule has 2 aromatic carbocycles. The maximum atomic E-state index is 13.3. The van der Waals surface area contributed by atoms with Gasteiger partial charge in [-0.25, -0.2) is 9.18 Å². The summed E-state index contributed by atoms with van der Waals surface area (Å²) < 4.78 is 23.5. The van der Waals surface area contributed by atoms with E-state index in [9.17, 15) is 18.8 Å². The highest BCUT2D eigenvalue weighted by atomic mass is 19.1. The van der Waals surface area contributed by atoms with Gasteiger partial charge < -0.3 is 19.7 Å². The third-order valence-electron chi connectivity index (χ3n) is 4.92. The fourth-order valence-corrected chi connectivity index (χ4v) is 3.47. The number of nitrogens with zero attached hydrogens (tertiary/aromatic N) is 1. The zero-order chi connectivity index (χ0) is 22.5. The Bertz CT molecular complexity index is 1020. The van der Waals surface area contributed by atoms with Crippen molar-refractivity contribution in [3.8, 4) is 5.75 Å². The fraction of sp³-hybridized carbons (Fsp3) is 0.261. The van der Waals surface area contributed by atoms with Gasteiger partial charge in [0.25, 0.3) is 5.91 Å². The molecule has 2 aromatic rings. The number of anilines is 2. The molecule has 1 heterocycles. The van der Waals surface area contributed by atoms with Crippen LogP contribution in [-0.2, 0) is 19.1 Å². The van der Waals surface area contributed by atoms with E-state index in [0.29, 0.717) is 17.1 Å². The molecule has 1 N–H and O–H groups in total. The lowest BCUT2D eigenvalue weighted by Gasteiger charge is -2.23. The molecular weight excluding hydrogens is 403 g/mol. The molecule has 0 aliphatic carbocycles. The third-order valence-corrected chi connectivity index (χ3v) is 4.92. The second-order valence-electron chi connectivity index (χ2n) is 6.89. The molecule has 1 aliphatic heterocycles. The summed E-state index contributed by atoms with van der Waals surface area (Å²) in [6.45, 7) is 3.46. The quantitative estimate of drug-likeness (QED) is 0.686. The van der Waals surface area contributed by atoms with Crippen LogP contribution in [0.5, 0.6) is 5.75 Å². The SMILES string of the molecule is CCOC(=O)C1=C(CC(=O)Nc2ccc(OC)cc2)C(=O)N(c2ccc(F)cc2)C1C. The van der Waals surface area contributed by atoms with E-state index in [-0.39, 0.29) is 24.2 Å². The van der Waals surface area contributed by atoms with Gasteiger partial charge in [0, 0.05) is 16.9 Å². The van der Waals surface area contributed by atoms with E-state index in [0.717, 1.165) is 0 Å². The van der Waals surface area contributed by atoms with Crippen molar-refractivity contribution >= 4 is 29.2 Å². The van der Waals surface area contributed by atoms with E-state index in [1.54, 1.807) is 38.1 Å². The molecule has 0 saturated heterocycles. The molecule has 0 spiro atoms. The minimum atomic E-state index is -0.666. The zero-order valence-electron chi connectivity index (χ0n) is 17.5. The smallest absolute Gasteiger partial charge is 0.336 e. The number of rotatable bonds is 7. The van der Waals surface area contributed by atoms with Crippen LogP contribution >= 0.6 is 0 Å². The lowest BCUT2D eigenvalue weighted by Crippen LogP contribution is -2.35. The largest absolute Gasteiger partial charge is 0.497 e.